The molecule has 3 aromatic rings. The third kappa shape index (κ3) is 7.41. The Morgan fingerprint density at radius 2 is 1.88 bits per heavy atom. The van der Waals surface area contributed by atoms with Crippen LogP contribution in [0, 0.1) is 13.8 Å². The van der Waals surface area contributed by atoms with Gasteiger partial charge in [0.15, 0.2) is 12.7 Å². The molecule has 2 heterocycles. The standard InChI is InChI=1S/C31H35N3O4S2/c1-5-18-40(37,38)32-15-17-33-16-14-25(26-19-23(3)7-11-27(26)33)10-6-22(2)9-13-30-34(21-31(35)36)28-12-8-24(4)20-29(28)39-30/h6-14,16,19-20,32H,5,15,17-18,21H2,1-4H3. The van der Waals surface area contributed by atoms with Gasteiger partial charge in [-0.3, -0.25) is 0 Å². The van der Waals surface area contributed by atoms with Crippen LogP contribution in [0.4, 0.5) is 5.69 Å². The summed E-state index contributed by atoms with van der Waals surface area (Å²) in [5.74, 6) is -0.993. The van der Waals surface area contributed by atoms with Crippen molar-refractivity contribution in [2.75, 3.05) is 23.7 Å². The number of fused-ring (bicyclic) bond motifs is 2. The summed E-state index contributed by atoms with van der Waals surface area (Å²) in [6.45, 7) is 8.59. The van der Waals surface area contributed by atoms with Crippen molar-refractivity contribution in [3.63, 3.8) is 0 Å². The maximum atomic E-state index is 12.0. The van der Waals surface area contributed by atoms with Gasteiger partial charge < -0.3 is 14.8 Å². The summed E-state index contributed by atoms with van der Waals surface area (Å²) in [6, 6.07) is 14.3. The minimum atomic E-state index is -3.25. The van der Waals surface area contributed by atoms with Crippen LogP contribution in [0.1, 0.15) is 37.0 Å². The van der Waals surface area contributed by atoms with Crippen molar-refractivity contribution in [2.45, 2.75) is 45.6 Å². The molecule has 0 amide bonds. The summed E-state index contributed by atoms with van der Waals surface area (Å²) in [5.41, 5.74) is 6.24. The second-order valence-electron chi connectivity index (χ2n) is 9.98. The monoisotopic (exact) mass is 577 g/mol. The number of nitrogens with one attached hydrogen (secondary N) is 1. The number of anilines is 1. The maximum Gasteiger partial charge on any atom is 0.213 e. The number of aryl methyl sites for hydroxylation is 2. The van der Waals surface area contributed by atoms with Crippen molar-refractivity contribution in [2.24, 2.45) is 0 Å². The molecule has 7 nitrogen and oxygen atoms in total. The third-order valence-corrected chi connectivity index (χ3v) is 9.24. The molecule has 1 aliphatic heterocycles. The number of carboxylic acid groups (broad SMARTS) is 1. The van der Waals surface area contributed by atoms with Crippen molar-refractivity contribution < 1.29 is 22.9 Å². The zero-order valence-corrected chi connectivity index (χ0v) is 24.9. The SMILES string of the molecule is CCCS(=O)(=O)NCC[n+]1ccc(/C=C/C(C)=C/C=C2\Sc3cc(C)ccc3N2CC(=O)[O-])c2cc(C)ccc21. The van der Waals surface area contributed by atoms with Crippen LogP contribution < -0.4 is 19.3 Å². The van der Waals surface area contributed by atoms with E-state index in [-0.39, 0.29) is 12.3 Å². The molecular weight excluding hydrogens is 542 g/mol. The number of carbonyl (C=O) groups is 1. The van der Waals surface area contributed by atoms with Crippen LogP contribution in [-0.2, 0) is 21.4 Å². The highest BCUT2D eigenvalue weighted by molar-refractivity contribution is 8.03. The van der Waals surface area contributed by atoms with Gasteiger partial charge in [-0.15, -0.1) is 0 Å². The van der Waals surface area contributed by atoms with E-state index < -0.39 is 16.0 Å². The number of thioether (sulfide) groups is 1. The maximum absolute atomic E-state index is 12.0. The molecule has 0 atom stereocenters. The van der Waals surface area contributed by atoms with Gasteiger partial charge in [0.05, 0.1) is 40.9 Å². The Bertz CT molecular complexity index is 1630. The lowest BCUT2D eigenvalue weighted by Crippen LogP contribution is -2.41. The number of aliphatic carboxylic acids is 1. The highest BCUT2D eigenvalue weighted by atomic mass is 32.2. The van der Waals surface area contributed by atoms with Crippen LogP contribution in [0.5, 0.6) is 0 Å². The average molecular weight is 578 g/mol. The Morgan fingerprint density at radius 1 is 1.12 bits per heavy atom. The second kappa shape index (κ2) is 12.8. The number of hydrogen-bond acceptors (Lipinski definition) is 6. The van der Waals surface area contributed by atoms with Crippen LogP contribution in [0.15, 0.2) is 82.4 Å². The van der Waals surface area contributed by atoms with E-state index in [2.05, 4.69) is 46.6 Å². The van der Waals surface area contributed by atoms with Crippen LogP contribution in [0.3, 0.4) is 0 Å². The molecule has 0 unspecified atom stereocenters. The van der Waals surface area contributed by atoms with Gasteiger partial charge in [-0.1, -0.05) is 60.2 Å². The number of aromatic nitrogens is 1. The van der Waals surface area contributed by atoms with E-state index in [0.29, 0.717) is 19.5 Å². The van der Waals surface area contributed by atoms with Gasteiger partial charge in [0.1, 0.15) is 0 Å². The quantitative estimate of drug-likeness (QED) is 0.271. The lowest BCUT2D eigenvalue weighted by molar-refractivity contribution is -0.669. The molecule has 9 heteroatoms. The van der Waals surface area contributed by atoms with Crippen LogP contribution in [0.25, 0.3) is 17.0 Å². The second-order valence-corrected chi connectivity index (χ2v) is 13.0. The molecule has 0 saturated heterocycles. The normalized spacial score (nSPS) is 14.9. The van der Waals surface area contributed by atoms with Gasteiger partial charge in [-0.05, 0) is 62.6 Å². The predicted octanol–water partition coefficient (Wildman–Crippen LogP) is 4.24. The third-order valence-electron chi connectivity index (χ3n) is 6.54. The number of sulfonamides is 1. The molecule has 210 valence electrons. The number of pyridine rings is 1. The highest BCUT2D eigenvalue weighted by Gasteiger charge is 2.24. The summed E-state index contributed by atoms with van der Waals surface area (Å²) in [6.07, 6.45) is 10.6. The topological polar surface area (TPSA) is 93.4 Å². The number of rotatable bonds is 11. The molecule has 0 spiro atoms. The number of carboxylic acids is 1. The fourth-order valence-electron chi connectivity index (χ4n) is 4.58. The minimum Gasteiger partial charge on any atom is -0.548 e. The van der Waals surface area contributed by atoms with E-state index in [1.165, 1.54) is 0 Å². The summed E-state index contributed by atoms with van der Waals surface area (Å²) < 4.78 is 28.8. The lowest BCUT2D eigenvalue weighted by atomic mass is 10.0. The first-order chi connectivity index (χ1) is 19.1. The summed E-state index contributed by atoms with van der Waals surface area (Å²) >= 11 is 1.55. The van der Waals surface area contributed by atoms with Crippen molar-refractivity contribution in [3.05, 3.63) is 94.2 Å². The smallest absolute Gasteiger partial charge is 0.213 e. The lowest BCUT2D eigenvalue weighted by Gasteiger charge is -2.20. The molecule has 2 aromatic carbocycles. The molecule has 1 aromatic heterocycles. The molecule has 0 radical (unpaired) electrons. The van der Waals surface area contributed by atoms with Crippen molar-refractivity contribution in [3.8, 4) is 0 Å². The largest absolute Gasteiger partial charge is 0.548 e. The van der Waals surface area contributed by atoms with Gasteiger partial charge >= 0.3 is 0 Å². The van der Waals surface area contributed by atoms with Gasteiger partial charge in [0, 0.05) is 17.0 Å². The number of allylic oxidation sites excluding steroid dienone is 4. The van der Waals surface area contributed by atoms with E-state index in [4.69, 9.17) is 0 Å². The molecule has 0 bridgehead atoms. The summed E-state index contributed by atoms with van der Waals surface area (Å²) in [4.78, 5) is 14.2. The molecule has 0 saturated carbocycles. The number of hydrogen-bond donors (Lipinski definition) is 1. The Labute approximate surface area is 241 Å². The zero-order valence-electron chi connectivity index (χ0n) is 23.3. The van der Waals surface area contributed by atoms with Gasteiger partial charge in [0.25, 0.3) is 0 Å². The molecular formula is C31H35N3O4S2. The Kier molecular flexibility index (Phi) is 9.50. The van der Waals surface area contributed by atoms with Gasteiger partial charge in [-0.2, -0.15) is 4.57 Å². The summed E-state index contributed by atoms with van der Waals surface area (Å²) in [5, 5.41) is 13.3. The fourth-order valence-corrected chi connectivity index (χ4v) is 6.83. The van der Waals surface area contributed by atoms with E-state index in [1.807, 2.05) is 63.4 Å². The average Bonchev–Trinajstić information content (AvgIpc) is 3.22. The van der Waals surface area contributed by atoms with Crippen LogP contribution in [-0.4, -0.2) is 33.2 Å². The van der Waals surface area contributed by atoms with E-state index in [0.717, 1.165) is 48.8 Å². The molecule has 1 N–H and O–H groups in total. The van der Waals surface area contributed by atoms with Crippen LogP contribution in [0.2, 0.25) is 0 Å². The van der Waals surface area contributed by atoms with E-state index in [1.54, 1.807) is 16.7 Å². The van der Waals surface area contributed by atoms with Crippen molar-refractivity contribution in [1.82, 2.24) is 4.72 Å². The molecule has 0 aliphatic carbocycles. The predicted molar refractivity (Wildman–Crippen MR) is 161 cm³/mol. The first kappa shape index (κ1) is 29.6. The van der Waals surface area contributed by atoms with E-state index in [9.17, 15) is 18.3 Å². The molecule has 1 aliphatic rings. The first-order valence-corrected chi connectivity index (χ1v) is 15.8. The number of nitrogens with zero attached hydrogens (tertiary/aromatic N) is 2. The summed E-state index contributed by atoms with van der Waals surface area (Å²) in [7, 11) is -3.25. The van der Waals surface area contributed by atoms with Gasteiger partial charge in [-0.25, -0.2) is 13.1 Å². The Hall–Kier alpha value is -3.40. The van der Waals surface area contributed by atoms with Crippen molar-refractivity contribution in [1.29, 1.82) is 0 Å². The zero-order chi connectivity index (χ0) is 28.9. The van der Waals surface area contributed by atoms with Crippen LogP contribution >= 0.6 is 11.8 Å². The minimum absolute atomic E-state index is 0.130. The van der Waals surface area contributed by atoms with Crippen molar-refractivity contribution >= 4 is 50.4 Å². The molecule has 0 fully saturated rings. The molecule has 40 heavy (non-hydrogen) atoms. The van der Waals surface area contributed by atoms with E-state index >= 15 is 0 Å². The van der Waals surface area contributed by atoms with Gasteiger partial charge in [0.2, 0.25) is 15.5 Å². The first-order valence-electron chi connectivity index (χ1n) is 13.3. The number of benzene rings is 2. The Balaban J connectivity index is 1.55. The fraction of sp³-hybridized carbons (Fsp3) is 0.290. The molecule has 4 rings (SSSR count). The highest BCUT2D eigenvalue weighted by Crippen LogP contribution is 2.46. The Morgan fingerprint density at radius 3 is 2.62 bits per heavy atom. The number of carbonyl (C=O) groups excluding carboxylic acids is 1.